The van der Waals surface area contributed by atoms with Crippen LogP contribution in [0.3, 0.4) is 0 Å². The molecule has 3 aromatic rings. The summed E-state index contributed by atoms with van der Waals surface area (Å²) in [6, 6.07) is 2.44. The third-order valence-electron chi connectivity index (χ3n) is 4.01. The van der Waals surface area contributed by atoms with Gasteiger partial charge in [-0.1, -0.05) is 6.04 Å². The molecule has 0 radical (unpaired) electrons. The zero-order chi connectivity index (χ0) is 23.1. The number of benzene rings is 2. The molecule has 3 rings (SSSR count). The lowest BCUT2D eigenvalue weighted by Gasteiger charge is -2.16. The third kappa shape index (κ3) is 3.46. The molecule has 142 valence electrons. The van der Waals surface area contributed by atoms with Crippen molar-refractivity contribution in [3.05, 3.63) is 35.3 Å². The molecule has 0 amide bonds. The standard InChI is InChI=1S/C19H23N5O3/c1-10-11(5-6-13-16(10)18(20)24-19(21)23-13)9-22-12-7-14(25-2)17(27-4)15(8-12)26-3/h5-8,22H,9H2,1-4H3,(H4,20,21,23,24)/i5D,6D,9D2. The van der Waals surface area contributed by atoms with E-state index in [-0.39, 0.29) is 40.3 Å². The van der Waals surface area contributed by atoms with Crippen molar-refractivity contribution in [2.45, 2.75) is 13.4 Å². The maximum atomic E-state index is 8.66. The Kier molecular flexibility index (Phi) is 3.79. The number of aromatic nitrogens is 2. The van der Waals surface area contributed by atoms with Gasteiger partial charge in [-0.25, -0.2) is 4.98 Å². The van der Waals surface area contributed by atoms with Crippen molar-refractivity contribution in [1.29, 1.82) is 0 Å². The van der Waals surface area contributed by atoms with Gasteiger partial charge in [-0.05, 0) is 24.1 Å². The maximum Gasteiger partial charge on any atom is 0.222 e. The molecule has 2 aromatic carbocycles. The largest absolute Gasteiger partial charge is 0.493 e. The van der Waals surface area contributed by atoms with Crippen LogP contribution in [0.15, 0.2) is 24.2 Å². The van der Waals surface area contributed by atoms with Crippen LogP contribution in [0.2, 0.25) is 0 Å². The highest BCUT2D eigenvalue weighted by Crippen LogP contribution is 2.40. The molecule has 0 unspecified atom stereocenters. The third-order valence-corrected chi connectivity index (χ3v) is 4.01. The van der Waals surface area contributed by atoms with Crippen molar-refractivity contribution in [2.75, 3.05) is 38.1 Å². The zero-order valence-corrected chi connectivity index (χ0v) is 15.4. The molecule has 8 nitrogen and oxygen atoms in total. The van der Waals surface area contributed by atoms with E-state index in [4.69, 9.17) is 31.2 Å². The van der Waals surface area contributed by atoms with Crippen LogP contribution >= 0.6 is 0 Å². The van der Waals surface area contributed by atoms with Crippen LogP contribution in [-0.2, 0) is 6.50 Å². The Balaban J connectivity index is 2.19. The summed E-state index contributed by atoms with van der Waals surface area (Å²) in [6.07, 6.45) is 0. The van der Waals surface area contributed by atoms with Gasteiger partial charge >= 0.3 is 0 Å². The average Bonchev–Trinajstić information content (AvgIpc) is 2.70. The highest BCUT2D eigenvalue weighted by Gasteiger charge is 2.14. The predicted octanol–water partition coefficient (Wildman–Crippen LogP) is 2.74. The minimum absolute atomic E-state index is 0.0123. The molecule has 5 N–H and O–H groups in total. The molecule has 0 saturated carbocycles. The minimum Gasteiger partial charge on any atom is -0.493 e. The summed E-state index contributed by atoms with van der Waals surface area (Å²) in [6.45, 7) is -0.677. The van der Waals surface area contributed by atoms with E-state index in [1.165, 1.54) is 21.3 Å². The first-order valence-corrected chi connectivity index (χ1v) is 7.96. The predicted molar refractivity (Wildman–Crippen MR) is 107 cm³/mol. The van der Waals surface area contributed by atoms with Gasteiger partial charge in [-0.2, -0.15) is 4.98 Å². The van der Waals surface area contributed by atoms with Crippen LogP contribution in [0, 0.1) is 6.92 Å². The Morgan fingerprint density at radius 2 is 1.74 bits per heavy atom. The van der Waals surface area contributed by atoms with E-state index in [2.05, 4.69) is 15.3 Å². The lowest BCUT2D eigenvalue weighted by Crippen LogP contribution is -2.06. The lowest BCUT2D eigenvalue weighted by molar-refractivity contribution is 0.324. The number of ether oxygens (including phenoxy) is 3. The molecule has 1 aromatic heterocycles. The van der Waals surface area contributed by atoms with Gasteiger partial charge < -0.3 is 31.0 Å². The first kappa shape index (κ1) is 13.7. The fourth-order valence-electron chi connectivity index (χ4n) is 2.71. The second-order valence-electron chi connectivity index (χ2n) is 5.60. The van der Waals surface area contributed by atoms with Crippen LogP contribution in [0.4, 0.5) is 17.5 Å². The van der Waals surface area contributed by atoms with E-state index in [0.29, 0.717) is 28.5 Å². The van der Waals surface area contributed by atoms with E-state index in [1.54, 1.807) is 19.1 Å². The summed E-state index contributed by atoms with van der Waals surface area (Å²) in [5.41, 5.74) is 12.3. The van der Waals surface area contributed by atoms with E-state index in [1.807, 2.05) is 0 Å². The van der Waals surface area contributed by atoms with Gasteiger partial charge in [0, 0.05) is 29.7 Å². The van der Waals surface area contributed by atoms with Gasteiger partial charge in [0.1, 0.15) is 5.82 Å². The Labute approximate surface area is 163 Å². The molecule has 0 fully saturated rings. The number of nitrogen functional groups attached to an aromatic ring is 2. The summed E-state index contributed by atoms with van der Waals surface area (Å²) in [5, 5.41) is 3.03. The maximum absolute atomic E-state index is 8.66. The Bertz CT molecular complexity index is 1150. The monoisotopic (exact) mass is 373 g/mol. The molecule has 0 atom stereocenters. The molecule has 0 aliphatic heterocycles. The molecule has 1 heterocycles. The highest BCUT2D eigenvalue weighted by atomic mass is 16.5. The second kappa shape index (κ2) is 7.45. The molecule has 0 aliphatic rings. The number of hydrogen-bond acceptors (Lipinski definition) is 8. The number of nitrogens with zero attached hydrogens (tertiary/aromatic N) is 2. The van der Waals surface area contributed by atoms with E-state index < -0.39 is 6.50 Å². The van der Waals surface area contributed by atoms with Gasteiger partial charge in [0.15, 0.2) is 11.5 Å². The van der Waals surface area contributed by atoms with Crippen molar-refractivity contribution >= 4 is 28.4 Å². The van der Waals surface area contributed by atoms with Crippen LogP contribution in [-0.4, -0.2) is 31.3 Å². The fourth-order valence-corrected chi connectivity index (χ4v) is 2.71. The topological polar surface area (TPSA) is 118 Å². The lowest BCUT2D eigenvalue weighted by atomic mass is 10.0. The molecule has 8 heteroatoms. The zero-order valence-electron chi connectivity index (χ0n) is 19.4. The smallest absolute Gasteiger partial charge is 0.222 e. The summed E-state index contributed by atoms with van der Waals surface area (Å²) >= 11 is 0. The summed E-state index contributed by atoms with van der Waals surface area (Å²) in [7, 11) is 4.37. The molecular weight excluding hydrogens is 346 g/mol. The SMILES string of the molecule is [2H]c1c(C([2H])([2H])Nc2cc(OC)c(OC)c(OC)c2)c(C)c2c(N)nc(N)nc2c1[2H]. The number of hydrogen-bond donors (Lipinski definition) is 3. The minimum atomic E-state index is -2.27. The summed E-state index contributed by atoms with van der Waals surface area (Å²) < 4.78 is 50.0. The van der Waals surface area contributed by atoms with Crippen molar-refractivity contribution in [2.24, 2.45) is 0 Å². The molecule has 0 spiro atoms. The Morgan fingerprint density at radius 3 is 2.33 bits per heavy atom. The van der Waals surface area contributed by atoms with Crippen molar-refractivity contribution in [3.63, 3.8) is 0 Å². The summed E-state index contributed by atoms with van der Waals surface area (Å²) in [4.78, 5) is 7.93. The van der Waals surface area contributed by atoms with Crippen molar-refractivity contribution < 1.29 is 19.7 Å². The quantitative estimate of drug-likeness (QED) is 0.604. The van der Waals surface area contributed by atoms with E-state index in [9.17, 15) is 0 Å². The second-order valence-corrected chi connectivity index (χ2v) is 5.60. The number of anilines is 3. The Morgan fingerprint density at radius 1 is 1.07 bits per heavy atom. The molecular formula is C19H23N5O3. The van der Waals surface area contributed by atoms with Gasteiger partial charge in [0.25, 0.3) is 0 Å². The van der Waals surface area contributed by atoms with Gasteiger partial charge in [0.05, 0.1) is 32.3 Å². The van der Waals surface area contributed by atoms with Crippen LogP contribution in [0.25, 0.3) is 10.9 Å². The molecule has 0 bridgehead atoms. The van der Waals surface area contributed by atoms with Crippen molar-refractivity contribution in [1.82, 2.24) is 9.97 Å². The number of aryl methyl sites for hydroxylation is 1. The van der Waals surface area contributed by atoms with E-state index in [0.717, 1.165) is 0 Å². The fraction of sp³-hybridized carbons (Fsp3) is 0.263. The van der Waals surface area contributed by atoms with Gasteiger partial charge in [-0.15, -0.1) is 0 Å². The van der Waals surface area contributed by atoms with Gasteiger partial charge in [0.2, 0.25) is 11.7 Å². The molecule has 0 aliphatic carbocycles. The molecule has 0 saturated heterocycles. The van der Waals surface area contributed by atoms with Crippen LogP contribution in [0.1, 0.15) is 16.6 Å². The first-order chi connectivity index (χ1) is 14.5. The average molecular weight is 373 g/mol. The van der Waals surface area contributed by atoms with Crippen molar-refractivity contribution in [3.8, 4) is 17.2 Å². The first-order valence-electron chi connectivity index (χ1n) is 9.96. The Hall–Kier alpha value is -3.42. The van der Waals surface area contributed by atoms with Crippen LogP contribution < -0.4 is 31.0 Å². The number of nitrogens with two attached hydrogens (primary N) is 2. The highest BCUT2D eigenvalue weighted by molar-refractivity contribution is 5.92. The van der Waals surface area contributed by atoms with Crippen LogP contribution in [0.5, 0.6) is 17.2 Å². The van der Waals surface area contributed by atoms with E-state index >= 15 is 0 Å². The normalized spacial score (nSPS) is 13.3. The number of methoxy groups -OCH3 is 3. The number of rotatable bonds is 6. The molecule has 27 heavy (non-hydrogen) atoms. The number of fused-ring (bicyclic) bond motifs is 1. The van der Waals surface area contributed by atoms with Gasteiger partial charge in [-0.3, -0.25) is 0 Å². The number of nitrogens with one attached hydrogen (secondary N) is 1. The summed E-state index contributed by atoms with van der Waals surface area (Å²) in [5.74, 6) is 0.906.